The number of carbonyl (C=O) groups excluding carboxylic acids is 1. The summed E-state index contributed by atoms with van der Waals surface area (Å²) in [6.07, 6.45) is -0.481. The molecule has 0 aliphatic rings. The molecule has 0 aromatic heterocycles. The van der Waals surface area contributed by atoms with Crippen molar-refractivity contribution in [2.75, 3.05) is 19.6 Å². The highest BCUT2D eigenvalue weighted by molar-refractivity contribution is 14.0. The average molecular weight is 527 g/mol. The number of ether oxygens (including phenoxy) is 1. The van der Waals surface area contributed by atoms with E-state index in [4.69, 9.17) is 9.88 Å². The van der Waals surface area contributed by atoms with E-state index in [9.17, 15) is 13.2 Å². The van der Waals surface area contributed by atoms with Crippen LogP contribution < -0.4 is 21.1 Å². The predicted molar refractivity (Wildman–Crippen MR) is 120 cm³/mol. The van der Waals surface area contributed by atoms with Gasteiger partial charge in [-0.2, -0.15) is 0 Å². The molecule has 1 amide bonds. The lowest BCUT2D eigenvalue weighted by atomic mass is 10.2. The molecule has 5 N–H and O–H groups in total. The predicted octanol–water partition coefficient (Wildman–Crippen LogP) is 1.53. The summed E-state index contributed by atoms with van der Waals surface area (Å²) in [6.45, 7) is 9.06. The van der Waals surface area contributed by atoms with E-state index in [0.717, 1.165) is 0 Å². The van der Waals surface area contributed by atoms with Crippen LogP contribution in [-0.2, 0) is 21.3 Å². The second-order valence-corrected chi connectivity index (χ2v) is 8.30. The van der Waals surface area contributed by atoms with Crippen molar-refractivity contribution >= 4 is 46.1 Å². The molecule has 0 bridgehead atoms. The minimum absolute atomic E-state index is 0. The Labute approximate surface area is 184 Å². The van der Waals surface area contributed by atoms with Crippen LogP contribution in [0.4, 0.5) is 4.79 Å². The highest BCUT2D eigenvalue weighted by Crippen LogP contribution is 2.10. The Kier molecular flexibility index (Phi) is 11.4. The first kappa shape index (κ1) is 26.4. The number of amides is 1. The number of carbonyl (C=O) groups is 1. The van der Waals surface area contributed by atoms with E-state index in [1.807, 2.05) is 6.92 Å². The van der Waals surface area contributed by atoms with Gasteiger partial charge in [0.05, 0.1) is 11.4 Å². The maximum absolute atomic E-state index is 11.6. The number of benzene rings is 1. The van der Waals surface area contributed by atoms with Crippen molar-refractivity contribution in [2.24, 2.45) is 10.1 Å². The van der Waals surface area contributed by atoms with Gasteiger partial charge in [0.15, 0.2) is 5.96 Å². The zero-order chi connectivity index (χ0) is 20.5. The van der Waals surface area contributed by atoms with E-state index in [1.165, 1.54) is 12.1 Å². The molecular weight excluding hydrogens is 497 g/mol. The third kappa shape index (κ3) is 11.3. The molecule has 0 aliphatic carbocycles. The fourth-order valence-electron chi connectivity index (χ4n) is 1.99. The highest BCUT2D eigenvalue weighted by Gasteiger charge is 2.15. The first-order valence-electron chi connectivity index (χ1n) is 8.62. The van der Waals surface area contributed by atoms with Crippen LogP contribution in [0.25, 0.3) is 0 Å². The van der Waals surface area contributed by atoms with Gasteiger partial charge < -0.3 is 20.7 Å². The van der Waals surface area contributed by atoms with Gasteiger partial charge in [-0.05, 0) is 45.4 Å². The van der Waals surface area contributed by atoms with Crippen molar-refractivity contribution in [1.29, 1.82) is 0 Å². The molecule has 0 heterocycles. The summed E-state index contributed by atoms with van der Waals surface area (Å²) in [4.78, 5) is 16.0. The molecule has 0 spiro atoms. The van der Waals surface area contributed by atoms with Crippen LogP contribution in [0.15, 0.2) is 34.2 Å². The molecule has 160 valence electrons. The van der Waals surface area contributed by atoms with Crippen molar-refractivity contribution in [3.8, 4) is 0 Å². The van der Waals surface area contributed by atoms with Crippen molar-refractivity contribution in [3.63, 3.8) is 0 Å². The fraction of sp³-hybridized carbons (Fsp3) is 0.529. The van der Waals surface area contributed by atoms with E-state index < -0.39 is 21.7 Å². The Morgan fingerprint density at radius 1 is 1.18 bits per heavy atom. The molecule has 1 aromatic rings. The van der Waals surface area contributed by atoms with Gasteiger partial charge in [0, 0.05) is 19.6 Å². The minimum atomic E-state index is -3.74. The maximum Gasteiger partial charge on any atom is 0.407 e. The summed E-state index contributed by atoms with van der Waals surface area (Å²) in [5, 5.41) is 13.9. The molecule has 0 unspecified atom stereocenters. The van der Waals surface area contributed by atoms with Crippen LogP contribution in [0.5, 0.6) is 0 Å². The Balaban J connectivity index is 0.00000729. The number of rotatable bonds is 7. The number of hydrogen-bond acceptors (Lipinski definition) is 5. The zero-order valence-corrected chi connectivity index (χ0v) is 19.8. The molecular formula is C17H30IN5O4S. The molecule has 1 aromatic carbocycles. The summed E-state index contributed by atoms with van der Waals surface area (Å²) < 4.78 is 28.0. The second kappa shape index (κ2) is 12.1. The molecule has 0 radical (unpaired) electrons. The van der Waals surface area contributed by atoms with Crippen LogP contribution in [-0.4, -0.2) is 45.7 Å². The van der Waals surface area contributed by atoms with Crippen molar-refractivity contribution in [3.05, 3.63) is 29.8 Å². The highest BCUT2D eigenvalue weighted by atomic mass is 127. The van der Waals surface area contributed by atoms with Gasteiger partial charge in [0.25, 0.3) is 0 Å². The topological polar surface area (TPSA) is 135 Å². The Bertz CT molecular complexity index is 763. The van der Waals surface area contributed by atoms with Crippen molar-refractivity contribution in [1.82, 2.24) is 16.0 Å². The number of nitrogens with zero attached hydrogens (tertiary/aromatic N) is 1. The Hall–Kier alpha value is -1.60. The van der Waals surface area contributed by atoms with Gasteiger partial charge >= 0.3 is 6.09 Å². The summed E-state index contributed by atoms with van der Waals surface area (Å²) in [6, 6.07) is 6.32. The summed E-state index contributed by atoms with van der Waals surface area (Å²) in [7, 11) is -3.74. The van der Waals surface area contributed by atoms with Gasteiger partial charge in [-0.1, -0.05) is 12.1 Å². The normalized spacial score (nSPS) is 12.0. The Morgan fingerprint density at radius 2 is 1.82 bits per heavy atom. The Morgan fingerprint density at radius 3 is 2.39 bits per heavy atom. The van der Waals surface area contributed by atoms with Crippen molar-refractivity contribution < 1.29 is 17.9 Å². The van der Waals surface area contributed by atoms with Gasteiger partial charge in [0.1, 0.15) is 5.60 Å². The summed E-state index contributed by atoms with van der Waals surface area (Å²) in [5.41, 5.74) is 0.171. The largest absolute Gasteiger partial charge is 0.444 e. The standard InChI is InChI=1S/C17H29N5O4S.HI/c1-5-19-15(20-9-10-21-16(23)26-17(2,3)4)22-12-13-7-6-8-14(11-13)27(18,24)25;/h6-8,11H,5,9-10,12H2,1-4H3,(H,21,23)(H2,18,24,25)(H2,19,20,22);1H. The molecule has 11 heteroatoms. The second-order valence-electron chi connectivity index (χ2n) is 6.74. The number of aliphatic imine (C=N–C) groups is 1. The van der Waals surface area contributed by atoms with Crippen molar-refractivity contribution in [2.45, 2.75) is 44.7 Å². The SMILES string of the molecule is CCNC(=NCc1cccc(S(N)(=O)=O)c1)NCCNC(=O)OC(C)(C)C.I. The van der Waals surface area contributed by atoms with Crippen LogP contribution in [0, 0.1) is 0 Å². The fourth-order valence-corrected chi connectivity index (χ4v) is 2.58. The third-order valence-corrected chi connectivity index (χ3v) is 3.99. The third-order valence-electron chi connectivity index (χ3n) is 3.08. The van der Waals surface area contributed by atoms with Crippen LogP contribution in [0.2, 0.25) is 0 Å². The van der Waals surface area contributed by atoms with E-state index in [-0.39, 0.29) is 35.4 Å². The molecule has 9 nitrogen and oxygen atoms in total. The molecule has 28 heavy (non-hydrogen) atoms. The number of hydrogen-bond donors (Lipinski definition) is 4. The van der Waals surface area contributed by atoms with Crippen LogP contribution in [0.3, 0.4) is 0 Å². The smallest absolute Gasteiger partial charge is 0.407 e. The lowest BCUT2D eigenvalue weighted by molar-refractivity contribution is 0.0529. The van der Waals surface area contributed by atoms with Crippen LogP contribution >= 0.6 is 24.0 Å². The summed E-state index contributed by atoms with van der Waals surface area (Å²) >= 11 is 0. The first-order chi connectivity index (χ1) is 12.5. The van der Waals surface area contributed by atoms with E-state index in [2.05, 4.69) is 20.9 Å². The molecule has 0 saturated carbocycles. The maximum atomic E-state index is 11.6. The minimum Gasteiger partial charge on any atom is -0.444 e. The van der Waals surface area contributed by atoms with E-state index in [0.29, 0.717) is 31.2 Å². The summed E-state index contributed by atoms with van der Waals surface area (Å²) in [5.74, 6) is 0.546. The lowest BCUT2D eigenvalue weighted by Crippen LogP contribution is -2.42. The monoisotopic (exact) mass is 527 g/mol. The molecule has 0 fully saturated rings. The molecule has 0 aliphatic heterocycles. The zero-order valence-electron chi connectivity index (χ0n) is 16.6. The van der Waals surface area contributed by atoms with Crippen LogP contribution in [0.1, 0.15) is 33.3 Å². The lowest BCUT2D eigenvalue weighted by Gasteiger charge is -2.19. The van der Waals surface area contributed by atoms with E-state index >= 15 is 0 Å². The van der Waals surface area contributed by atoms with E-state index in [1.54, 1.807) is 32.9 Å². The number of alkyl carbamates (subject to hydrolysis) is 1. The number of primary sulfonamides is 1. The molecule has 0 atom stereocenters. The van der Waals surface area contributed by atoms with Gasteiger partial charge in [0.2, 0.25) is 10.0 Å². The number of guanidine groups is 1. The first-order valence-corrected chi connectivity index (χ1v) is 10.2. The molecule has 0 saturated heterocycles. The number of nitrogens with one attached hydrogen (secondary N) is 3. The van der Waals surface area contributed by atoms with Gasteiger partial charge in [-0.25, -0.2) is 23.3 Å². The van der Waals surface area contributed by atoms with Gasteiger partial charge in [-0.3, -0.25) is 0 Å². The average Bonchev–Trinajstić information content (AvgIpc) is 2.54. The number of sulfonamides is 1. The quantitative estimate of drug-likeness (QED) is 0.184. The number of halogens is 1. The number of nitrogens with two attached hydrogens (primary N) is 1. The molecule has 1 rings (SSSR count). The van der Waals surface area contributed by atoms with Gasteiger partial charge in [-0.15, -0.1) is 24.0 Å².